The summed E-state index contributed by atoms with van der Waals surface area (Å²) in [5.41, 5.74) is 6.72. The molecule has 0 spiro atoms. The van der Waals surface area contributed by atoms with Crippen LogP contribution in [-0.2, 0) is 6.54 Å². The highest BCUT2D eigenvalue weighted by Crippen LogP contribution is 2.19. The molecule has 0 amide bonds. The van der Waals surface area contributed by atoms with Gasteiger partial charge in [-0.3, -0.25) is 5.10 Å². The molecule has 4 nitrogen and oxygen atoms in total. The fraction of sp³-hybridized carbons (Fsp3) is 0.200. The summed E-state index contributed by atoms with van der Waals surface area (Å²) in [6.07, 6.45) is 0. The highest BCUT2D eigenvalue weighted by molar-refractivity contribution is 5.77. The number of benzene rings is 2. The fourth-order valence-corrected chi connectivity index (χ4v) is 2.19. The number of fused-ring (bicyclic) bond motifs is 1. The van der Waals surface area contributed by atoms with E-state index in [-0.39, 0.29) is 0 Å². The van der Waals surface area contributed by atoms with Crippen LogP contribution in [0.2, 0.25) is 0 Å². The minimum atomic E-state index is 0.744. The molecule has 0 aliphatic heterocycles. The van der Waals surface area contributed by atoms with Gasteiger partial charge in [0, 0.05) is 17.8 Å². The lowest BCUT2D eigenvalue weighted by Crippen LogP contribution is -2.02. The van der Waals surface area contributed by atoms with Gasteiger partial charge < -0.3 is 5.32 Å². The molecule has 2 aromatic carbocycles. The van der Waals surface area contributed by atoms with Gasteiger partial charge >= 0.3 is 0 Å². The van der Waals surface area contributed by atoms with Crippen molar-refractivity contribution in [3.8, 4) is 0 Å². The summed E-state index contributed by atoms with van der Waals surface area (Å²) < 4.78 is 0. The van der Waals surface area contributed by atoms with Crippen molar-refractivity contribution in [1.29, 1.82) is 0 Å². The number of aromatic amines is 1. The van der Waals surface area contributed by atoms with Crippen molar-refractivity contribution in [3.05, 3.63) is 53.1 Å². The van der Waals surface area contributed by atoms with Crippen molar-refractivity contribution in [3.63, 3.8) is 0 Å². The molecule has 3 rings (SSSR count). The van der Waals surface area contributed by atoms with Crippen LogP contribution in [0.3, 0.4) is 0 Å². The van der Waals surface area contributed by atoms with Gasteiger partial charge in [-0.2, -0.15) is 0 Å². The van der Waals surface area contributed by atoms with Crippen LogP contribution >= 0.6 is 0 Å². The molecule has 0 aliphatic carbocycles. The molecule has 0 aliphatic rings. The van der Waals surface area contributed by atoms with Crippen molar-refractivity contribution in [1.82, 2.24) is 15.4 Å². The fourth-order valence-electron chi connectivity index (χ4n) is 2.19. The van der Waals surface area contributed by atoms with E-state index >= 15 is 0 Å². The maximum Gasteiger partial charge on any atom is 0.117 e. The molecule has 0 saturated heterocycles. The monoisotopic (exact) mass is 252 g/mol. The van der Waals surface area contributed by atoms with E-state index in [4.69, 9.17) is 0 Å². The molecule has 0 fully saturated rings. The Kier molecular flexibility index (Phi) is 2.91. The Morgan fingerprint density at radius 1 is 1.16 bits per heavy atom. The number of aromatic nitrogens is 3. The smallest absolute Gasteiger partial charge is 0.117 e. The van der Waals surface area contributed by atoms with E-state index in [0.717, 1.165) is 23.1 Å². The Morgan fingerprint density at radius 2 is 2.05 bits per heavy atom. The first-order chi connectivity index (χ1) is 9.24. The van der Waals surface area contributed by atoms with Crippen LogP contribution in [0.1, 0.15) is 16.7 Å². The number of rotatable bonds is 3. The molecule has 0 bridgehead atoms. The molecule has 0 unspecified atom stereocenters. The van der Waals surface area contributed by atoms with Gasteiger partial charge in [-0.25, -0.2) is 0 Å². The maximum absolute atomic E-state index is 4.13. The van der Waals surface area contributed by atoms with Gasteiger partial charge in [-0.1, -0.05) is 29.5 Å². The maximum atomic E-state index is 4.13. The van der Waals surface area contributed by atoms with E-state index in [0.29, 0.717) is 0 Å². The number of anilines is 1. The Bertz CT molecular complexity index is 715. The summed E-state index contributed by atoms with van der Waals surface area (Å²) in [4.78, 5) is 0. The number of nitrogens with zero attached hydrogens (tertiary/aromatic N) is 2. The molecule has 0 atom stereocenters. The number of hydrogen-bond acceptors (Lipinski definition) is 3. The van der Waals surface area contributed by atoms with Crippen LogP contribution in [0.15, 0.2) is 36.4 Å². The average Bonchev–Trinajstić information content (AvgIpc) is 2.88. The van der Waals surface area contributed by atoms with E-state index in [1.165, 1.54) is 16.8 Å². The molecule has 0 saturated carbocycles. The standard InChI is InChI=1S/C15H16N4/c1-10-6-7-11(2)14(8-10)16-9-12-4-3-5-13-15(12)18-19-17-13/h3-8,16H,9H2,1-2H3,(H,17,18,19). The molecule has 19 heavy (non-hydrogen) atoms. The lowest BCUT2D eigenvalue weighted by atomic mass is 10.1. The minimum absolute atomic E-state index is 0.744. The van der Waals surface area contributed by atoms with E-state index in [1.807, 2.05) is 12.1 Å². The lowest BCUT2D eigenvalue weighted by Gasteiger charge is -2.10. The summed E-state index contributed by atoms with van der Waals surface area (Å²) in [5, 5.41) is 14.3. The van der Waals surface area contributed by atoms with Crippen LogP contribution in [0, 0.1) is 13.8 Å². The summed E-state index contributed by atoms with van der Waals surface area (Å²) in [6, 6.07) is 12.5. The van der Waals surface area contributed by atoms with Gasteiger partial charge in [0.1, 0.15) is 5.52 Å². The van der Waals surface area contributed by atoms with Gasteiger partial charge in [0.15, 0.2) is 0 Å². The van der Waals surface area contributed by atoms with Crippen molar-refractivity contribution in [2.75, 3.05) is 5.32 Å². The second kappa shape index (κ2) is 4.72. The van der Waals surface area contributed by atoms with Gasteiger partial charge in [0.25, 0.3) is 0 Å². The van der Waals surface area contributed by atoms with E-state index < -0.39 is 0 Å². The Morgan fingerprint density at radius 3 is 2.95 bits per heavy atom. The third-order valence-corrected chi connectivity index (χ3v) is 3.30. The van der Waals surface area contributed by atoms with Crippen LogP contribution in [-0.4, -0.2) is 15.4 Å². The SMILES string of the molecule is Cc1ccc(C)c(NCc2cccc3[nH]nnc23)c1. The predicted molar refractivity (Wildman–Crippen MR) is 77.1 cm³/mol. The number of nitrogens with one attached hydrogen (secondary N) is 2. The first-order valence-electron chi connectivity index (χ1n) is 6.34. The highest BCUT2D eigenvalue weighted by Gasteiger charge is 2.05. The molecule has 1 heterocycles. The topological polar surface area (TPSA) is 53.6 Å². The van der Waals surface area contributed by atoms with Crippen LogP contribution in [0.25, 0.3) is 11.0 Å². The molecule has 0 radical (unpaired) electrons. The van der Waals surface area contributed by atoms with Gasteiger partial charge in [0.05, 0.1) is 5.52 Å². The third kappa shape index (κ3) is 2.29. The van der Waals surface area contributed by atoms with E-state index in [1.54, 1.807) is 0 Å². The number of hydrogen-bond donors (Lipinski definition) is 2. The second-order valence-electron chi connectivity index (χ2n) is 4.80. The summed E-state index contributed by atoms with van der Waals surface area (Å²) in [7, 11) is 0. The minimum Gasteiger partial charge on any atom is -0.381 e. The zero-order valence-corrected chi connectivity index (χ0v) is 11.1. The number of aryl methyl sites for hydroxylation is 2. The van der Waals surface area contributed by atoms with E-state index in [9.17, 15) is 0 Å². The van der Waals surface area contributed by atoms with Crippen LogP contribution in [0.5, 0.6) is 0 Å². The van der Waals surface area contributed by atoms with Crippen molar-refractivity contribution >= 4 is 16.7 Å². The summed E-state index contributed by atoms with van der Waals surface area (Å²) in [6.45, 7) is 4.95. The lowest BCUT2D eigenvalue weighted by molar-refractivity contribution is 0.956. The summed E-state index contributed by atoms with van der Waals surface area (Å²) >= 11 is 0. The molecule has 96 valence electrons. The summed E-state index contributed by atoms with van der Waals surface area (Å²) in [5.74, 6) is 0. The Labute approximate surface area is 111 Å². The normalized spacial score (nSPS) is 10.8. The van der Waals surface area contributed by atoms with Gasteiger partial charge in [0.2, 0.25) is 0 Å². The average molecular weight is 252 g/mol. The highest BCUT2D eigenvalue weighted by atomic mass is 15.3. The van der Waals surface area contributed by atoms with Gasteiger partial charge in [-0.15, -0.1) is 5.10 Å². The van der Waals surface area contributed by atoms with Crippen molar-refractivity contribution in [2.45, 2.75) is 20.4 Å². The first-order valence-corrected chi connectivity index (χ1v) is 6.34. The zero-order chi connectivity index (χ0) is 13.2. The largest absolute Gasteiger partial charge is 0.381 e. The predicted octanol–water partition coefficient (Wildman–Crippen LogP) is 3.19. The Hall–Kier alpha value is -2.36. The molecular weight excluding hydrogens is 236 g/mol. The zero-order valence-electron chi connectivity index (χ0n) is 11.1. The molecule has 1 aromatic heterocycles. The first kappa shape index (κ1) is 11.7. The Balaban J connectivity index is 1.86. The quantitative estimate of drug-likeness (QED) is 0.752. The van der Waals surface area contributed by atoms with Gasteiger partial charge in [-0.05, 0) is 37.1 Å². The van der Waals surface area contributed by atoms with Crippen molar-refractivity contribution < 1.29 is 0 Å². The number of H-pyrrole nitrogens is 1. The second-order valence-corrected chi connectivity index (χ2v) is 4.80. The third-order valence-electron chi connectivity index (χ3n) is 3.30. The van der Waals surface area contributed by atoms with E-state index in [2.05, 4.69) is 58.8 Å². The van der Waals surface area contributed by atoms with Crippen LogP contribution in [0.4, 0.5) is 5.69 Å². The molecule has 2 N–H and O–H groups in total. The molecule has 3 aromatic rings. The van der Waals surface area contributed by atoms with Crippen molar-refractivity contribution in [2.24, 2.45) is 0 Å². The molecular formula is C15H16N4. The molecule has 4 heteroatoms. The van der Waals surface area contributed by atoms with Crippen LogP contribution < -0.4 is 5.32 Å².